The van der Waals surface area contributed by atoms with E-state index in [9.17, 15) is 4.79 Å². The van der Waals surface area contributed by atoms with Crippen LogP contribution in [0.1, 0.15) is 33.3 Å². The monoisotopic (exact) mass is 278 g/mol. The van der Waals surface area contributed by atoms with Gasteiger partial charge in [0.2, 0.25) is 0 Å². The minimum absolute atomic E-state index is 0.0225. The first-order valence-electron chi connectivity index (χ1n) is 7.00. The van der Waals surface area contributed by atoms with Crippen molar-refractivity contribution in [2.75, 3.05) is 13.7 Å². The molecule has 0 saturated heterocycles. The summed E-state index contributed by atoms with van der Waals surface area (Å²) in [7, 11) is 1.69. The van der Waals surface area contributed by atoms with Crippen LogP contribution in [0, 0.1) is 0 Å². The minimum atomic E-state index is -0.193. The van der Waals surface area contributed by atoms with Gasteiger partial charge in [0.05, 0.1) is 12.6 Å². The molecule has 1 rings (SSSR count). The van der Waals surface area contributed by atoms with E-state index in [-0.39, 0.29) is 30.1 Å². The average molecular weight is 278 g/mol. The van der Waals surface area contributed by atoms with Crippen LogP contribution in [0.5, 0.6) is 0 Å². The Kier molecular flexibility index (Phi) is 5.57. The maximum atomic E-state index is 12.1. The summed E-state index contributed by atoms with van der Waals surface area (Å²) in [6.07, 6.45) is 0. The maximum absolute atomic E-state index is 12.1. The quantitative estimate of drug-likeness (QED) is 0.869. The molecule has 112 valence electrons. The van der Waals surface area contributed by atoms with E-state index in [1.54, 1.807) is 7.05 Å². The Labute approximate surface area is 121 Å². The van der Waals surface area contributed by atoms with E-state index < -0.39 is 0 Å². The van der Waals surface area contributed by atoms with E-state index in [1.807, 2.05) is 32.0 Å². The molecule has 0 fully saturated rings. The minimum Gasteiger partial charge on any atom is -0.394 e. The number of hydrogen-bond donors (Lipinski definition) is 2. The van der Waals surface area contributed by atoms with Crippen LogP contribution in [-0.4, -0.2) is 41.8 Å². The second-order valence-electron chi connectivity index (χ2n) is 5.90. The number of rotatable bonds is 5. The second kappa shape index (κ2) is 6.75. The molecule has 20 heavy (non-hydrogen) atoms. The molecule has 0 aliphatic heterocycles. The van der Waals surface area contributed by atoms with Crippen LogP contribution in [0.15, 0.2) is 30.3 Å². The van der Waals surface area contributed by atoms with Gasteiger partial charge in [0.15, 0.2) is 0 Å². The van der Waals surface area contributed by atoms with Gasteiger partial charge in [-0.2, -0.15) is 0 Å². The van der Waals surface area contributed by atoms with E-state index >= 15 is 0 Å². The maximum Gasteiger partial charge on any atom is 0.317 e. The first-order chi connectivity index (χ1) is 9.30. The van der Waals surface area contributed by atoms with Crippen molar-refractivity contribution < 1.29 is 9.90 Å². The van der Waals surface area contributed by atoms with Gasteiger partial charge >= 0.3 is 6.03 Å². The van der Waals surface area contributed by atoms with Crippen LogP contribution < -0.4 is 5.32 Å². The molecule has 0 radical (unpaired) electrons. The SMILES string of the molecule is CC(CO)N(C)C(=O)NC(C)C(C)(C)c1ccccc1. The lowest BCUT2D eigenvalue weighted by atomic mass is 9.78. The van der Waals surface area contributed by atoms with Crippen LogP contribution in [0.4, 0.5) is 4.79 Å². The van der Waals surface area contributed by atoms with Gasteiger partial charge in [0.25, 0.3) is 0 Å². The predicted octanol–water partition coefficient (Wildman–Crippen LogP) is 2.37. The molecule has 0 aliphatic carbocycles. The van der Waals surface area contributed by atoms with Crippen molar-refractivity contribution in [3.63, 3.8) is 0 Å². The number of amides is 2. The zero-order valence-electron chi connectivity index (χ0n) is 13.1. The van der Waals surface area contributed by atoms with Crippen molar-refractivity contribution in [2.45, 2.75) is 45.2 Å². The van der Waals surface area contributed by atoms with E-state index in [4.69, 9.17) is 5.11 Å². The number of carbonyl (C=O) groups excluding carboxylic acids is 1. The molecule has 4 nitrogen and oxygen atoms in total. The summed E-state index contributed by atoms with van der Waals surface area (Å²) in [6, 6.07) is 9.76. The summed E-state index contributed by atoms with van der Waals surface area (Å²) in [5.74, 6) is 0. The van der Waals surface area contributed by atoms with E-state index in [0.29, 0.717) is 0 Å². The number of urea groups is 1. The van der Waals surface area contributed by atoms with Crippen LogP contribution in [0.2, 0.25) is 0 Å². The number of aliphatic hydroxyl groups excluding tert-OH is 1. The van der Waals surface area contributed by atoms with Gasteiger partial charge in [-0.3, -0.25) is 0 Å². The van der Waals surface area contributed by atoms with Crippen LogP contribution in [0.3, 0.4) is 0 Å². The van der Waals surface area contributed by atoms with Crippen molar-refractivity contribution in [3.05, 3.63) is 35.9 Å². The van der Waals surface area contributed by atoms with Crippen molar-refractivity contribution in [2.24, 2.45) is 0 Å². The van der Waals surface area contributed by atoms with Gasteiger partial charge in [-0.1, -0.05) is 44.2 Å². The number of carbonyl (C=O) groups is 1. The van der Waals surface area contributed by atoms with Crippen LogP contribution in [-0.2, 0) is 5.41 Å². The number of nitrogens with one attached hydrogen (secondary N) is 1. The Morgan fingerprint density at radius 2 is 1.85 bits per heavy atom. The Morgan fingerprint density at radius 3 is 2.35 bits per heavy atom. The molecule has 2 unspecified atom stereocenters. The first-order valence-corrected chi connectivity index (χ1v) is 7.00. The van der Waals surface area contributed by atoms with Gasteiger partial charge in [-0.15, -0.1) is 0 Å². The fourth-order valence-electron chi connectivity index (χ4n) is 1.91. The summed E-state index contributed by atoms with van der Waals surface area (Å²) < 4.78 is 0. The Balaban J connectivity index is 2.75. The van der Waals surface area contributed by atoms with E-state index in [2.05, 4.69) is 31.3 Å². The topological polar surface area (TPSA) is 52.6 Å². The van der Waals surface area contributed by atoms with Crippen molar-refractivity contribution in [1.29, 1.82) is 0 Å². The Morgan fingerprint density at radius 1 is 1.30 bits per heavy atom. The second-order valence-corrected chi connectivity index (χ2v) is 5.90. The molecule has 4 heteroatoms. The van der Waals surface area contributed by atoms with Crippen LogP contribution in [0.25, 0.3) is 0 Å². The number of aliphatic hydroxyl groups is 1. The van der Waals surface area contributed by atoms with Gasteiger partial charge in [-0.25, -0.2) is 4.79 Å². The summed E-state index contributed by atoms with van der Waals surface area (Å²) in [5, 5.41) is 12.1. The molecule has 0 spiro atoms. The molecular formula is C16H26N2O2. The summed E-state index contributed by atoms with van der Waals surface area (Å²) in [4.78, 5) is 13.7. The fraction of sp³-hybridized carbons (Fsp3) is 0.562. The van der Waals surface area contributed by atoms with Crippen molar-refractivity contribution in [1.82, 2.24) is 10.2 Å². The number of nitrogens with zero attached hydrogens (tertiary/aromatic N) is 1. The largest absolute Gasteiger partial charge is 0.394 e. The van der Waals surface area contributed by atoms with Gasteiger partial charge in [0, 0.05) is 18.5 Å². The predicted molar refractivity (Wildman–Crippen MR) is 81.8 cm³/mol. The standard InChI is InChI=1S/C16H26N2O2/c1-12(11-19)18(5)15(20)17-13(2)16(3,4)14-9-7-6-8-10-14/h6-10,12-13,19H,11H2,1-5H3,(H,17,20). The Bertz CT molecular complexity index is 431. The molecule has 0 saturated carbocycles. The molecular weight excluding hydrogens is 252 g/mol. The van der Waals surface area contributed by atoms with Gasteiger partial charge in [0.1, 0.15) is 0 Å². The van der Waals surface area contributed by atoms with Gasteiger partial charge in [-0.05, 0) is 19.4 Å². The normalized spacial score (nSPS) is 14.5. The highest BCUT2D eigenvalue weighted by Gasteiger charge is 2.30. The third-order valence-corrected chi connectivity index (χ3v) is 4.19. The highest BCUT2D eigenvalue weighted by Crippen LogP contribution is 2.26. The van der Waals surface area contributed by atoms with E-state index in [1.165, 1.54) is 10.5 Å². The number of likely N-dealkylation sites (N-methyl/N-ethyl adjacent to an activating group) is 1. The van der Waals surface area contributed by atoms with Crippen molar-refractivity contribution in [3.8, 4) is 0 Å². The average Bonchev–Trinajstić information content (AvgIpc) is 2.46. The van der Waals surface area contributed by atoms with Gasteiger partial charge < -0.3 is 15.3 Å². The molecule has 1 aromatic carbocycles. The molecule has 0 aliphatic rings. The third kappa shape index (κ3) is 3.73. The highest BCUT2D eigenvalue weighted by molar-refractivity contribution is 5.74. The molecule has 0 bridgehead atoms. The zero-order chi connectivity index (χ0) is 15.3. The number of benzene rings is 1. The molecule has 2 amide bonds. The molecule has 2 N–H and O–H groups in total. The lowest BCUT2D eigenvalue weighted by Gasteiger charge is -2.35. The lowest BCUT2D eigenvalue weighted by molar-refractivity contribution is 0.152. The zero-order valence-corrected chi connectivity index (χ0v) is 13.1. The summed E-state index contributed by atoms with van der Waals surface area (Å²) in [6.45, 7) is 8.00. The third-order valence-electron chi connectivity index (χ3n) is 4.19. The molecule has 0 aromatic heterocycles. The summed E-state index contributed by atoms with van der Waals surface area (Å²) >= 11 is 0. The van der Waals surface area contributed by atoms with Crippen LogP contribution >= 0.6 is 0 Å². The first kappa shape index (κ1) is 16.5. The molecule has 0 heterocycles. The van der Waals surface area contributed by atoms with Crippen molar-refractivity contribution >= 4 is 6.03 Å². The smallest absolute Gasteiger partial charge is 0.317 e. The molecule has 1 aromatic rings. The fourth-order valence-corrected chi connectivity index (χ4v) is 1.91. The van der Waals surface area contributed by atoms with E-state index in [0.717, 1.165) is 0 Å². The summed E-state index contributed by atoms with van der Waals surface area (Å²) in [5.41, 5.74) is 1.02. The lowest BCUT2D eigenvalue weighted by Crippen LogP contribution is -2.52. The number of hydrogen-bond acceptors (Lipinski definition) is 2. The molecule has 2 atom stereocenters. The highest BCUT2D eigenvalue weighted by atomic mass is 16.3. The Hall–Kier alpha value is -1.55.